The van der Waals surface area contributed by atoms with E-state index in [0.29, 0.717) is 29.0 Å². The van der Waals surface area contributed by atoms with Crippen molar-refractivity contribution >= 4 is 270 Å². The van der Waals surface area contributed by atoms with Crippen molar-refractivity contribution in [3.05, 3.63) is 436 Å². The van der Waals surface area contributed by atoms with Gasteiger partial charge < -0.3 is 8.83 Å². The Morgan fingerprint density at radius 1 is 0.159 bits per heavy atom. The van der Waals surface area contributed by atoms with Crippen molar-refractivity contribution < 1.29 is 8.83 Å². The molecule has 12 heterocycles. The summed E-state index contributed by atoms with van der Waals surface area (Å²) in [6.07, 6.45) is 3.49. The van der Waals surface area contributed by atoms with Gasteiger partial charge in [0.2, 0.25) is 0 Å². The van der Waals surface area contributed by atoms with E-state index in [1.165, 1.54) is 259 Å². The van der Waals surface area contributed by atoms with Gasteiger partial charge in [-0.15, -0.1) is 68.0 Å². The quantitative estimate of drug-likeness (QED) is 0.114. The normalized spacial score (nSPS) is 11.9. The van der Waals surface area contributed by atoms with E-state index in [9.17, 15) is 0 Å². The van der Waals surface area contributed by atoms with Gasteiger partial charge in [0, 0.05) is 60.5 Å². The predicted molar refractivity (Wildman–Crippen MR) is 609 cm³/mol. The molecule has 30 aromatic rings. The molecule has 0 aliphatic rings. The van der Waals surface area contributed by atoms with E-state index < -0.39 is 0 Å². The molecule has 0 unspecified atom stereocenters. The third-order valence-corrected chi connectivity index (χ3v) is 41.3. The summed E-state index contributed by atoms with van der Waals surface area (Å²) in [6.45, 7) is 0. The first-order valence-electron chi connectivity index (χ1n) is 45.9. The van der Waals surface area contributed by atoms with Crippen molar-refractivity contribution in [2.24, 2.45) is 0 Å². The standard InChI is InChI=1S/C42H24O2S2.C42H24S4.C42H24S2Se2/c2*1-5-27(6-2-25(1)31-11-9-29-17-19-43-37(29)21-31)33-13-15-35-39(23-33)45-42-36-16-14-34(24-40(36)46-41(35)42)28-7-3-26(4-8-28)32-12-10-30-18-20-44-38(30)22-32;1-3-7-37-31(5-1)23-39(45-37)27-13-9-25(10-14-27)29-17-19-33-35(21-29)43-42-34-20-18-30(22-36(34)44-41(33)42)26-11-15-28(16-12-26)40-24-32-6-2-4-8-38(32)46-40/h3*1-24H. The van der Waals surface area contributed by atoms with Crippen molar-refractivity contribution in [1.82, 2.24) is 0 Å². The minimum absolute atomic E-state index is 0.384. The maximum absolute atomic E-state index is 5.61. The van der Waals surface area contributed by atoms with E-state index in [1.54, 1.807) is 35.2 Å². The van der Waals surface area contributed by atoms with Crippen LogP contribution in [-0.4, -0.2) is 29.0 Å². The van der Waals surface area contributed by atoms with Crippen LogP contribution in [0.25, 0.3) is 281 Å². The third-order valence-electron chi connectivity index (χ3n) is 27.1. The monoisotopic (exact) mass is 2030 g/mol. The molecule has 0 saturated heterocycles. The van der Waals surface area contributed by atoms with Crippen LogP contribution in [-0.2, 0) is 0 Å². The molecule has 2 nitrogen and oxygen atoms in total. The molecule has 0 spiro atoms. The Hall–Kier alpha value is -14.0. The zero-order valence-corrected chi connectivity index (χ0v) is 83.4. The molecule has 18 aromatic carbocycles. The summed E-state index contributed by atoms with van der Waals surface area (Å²) in [5.41, 5.74) is 29.4. The first kappa shape index (κ1) is 82.3. The molecule has 648 valence electrons. The van der Waals surface area contributed by atoms with Gasteiger partial charge in [0.15, 0.2) is 0 Å². The molecule has 0 bridgehead atoms. The van der Waals surface area contributed by atoms with E-state index in [4.69, 9.17) is 8.83 Å². The fraction of sp³-hybridized carbons (Fsp3) is 0. The Morgan fingerprint density at radius 2 is 0.377 bits per heavy atom. The molecular weight excluding hydrogens is 1960 g/mol. The molecule has 0 radical (unpaired) electrons. The van der Waals surface area contributed by atoms with Crippen LogP contribution in [0, 0.1) is 0 Å². The summed E-state index contributed by atoms with van der Waals surface area (Å²) in [4.78, 5) is 0. The number of hydrogen-bond donors (Lipinski definition) is 0. The Balaban J connectivity index is 0.000000102. The molecule has 0 atom stereocenters. The Kier molecular flexibility index (Phi) is 20.3. The van der Waals surface area contributed by atoms with Crippen LogP contribution in [0.2, 0.25) is 0 Å². The third kappa shape index (κ3) is 14.9. The van der Waals surface area contributed by atoms with Crippen molar-refractivity contribution in [3.8, 4) is 131 Å². The van der Waals surface area contributed by atoms with Crippen LogP contribution < -0.4 is 0 Å². The van der Waals surface area contributed by atoms with Crippen molar-refractivity contribution in [2.45, 2.75) is 0 Å². The van der Waals surface area contributed by atoms with Crippen LogP contribution in [0.4, 0.5) is 0 Å². The fourth-order valence-electron chi connectivity index (χ4n) is 19.7. The summed E-state index contributed by atoms with van der Waals surface area (Å²) >= 11 is 15.9. The van der Waals surface area contributed by atoms with Gasteiger partial charge in [-0.3, -0.25) is 0 Å². The molecule has 0 aliphatic heterocycles. The SMILES string of the molecule is c1cc2ccc(-c3ccc(-c4ccc5c(c4)sc4c6ccc(-c7ccc(-c8ccc9ccoc9c8)cc7)cc6sc54)cc3)cc2o1.c1cc2ccc(-c3ccc(-c4ccc5c(c4)sc4c6ccc(-c7ccc(-c8ccc9ccsc9c8)cc7)cc6sc54)cc3)cc2s1.c1ccc2[se]c(-c3ccc(-c4ccc5c(c4)sc4c6ccc(-c7ccc(-c8cc9ccccc9[se]8)cc7)cc6sc54)cc3)cc2c1. The van der Waals surface area contributed by atoms with Gasteiger partial charge in [0.1, 0.15) is 11.2 Å². The van der Waals surface area contributed by atoms with Gasteiger partial charge in [-0.1, -0.05) is 194 Å². The topological polar surface area (TPSA) is 26.3 Å². The molecule has 0 saturated carbocycles. The molecule has 30 rings (SSSR count). The molecule has 138 heavy (non-hydrogen) atoms. The van der Waals surface area contributed by atoms with Crippen LogP contribution in [0.15, 0.2) is 445 Å². The molecular formula is C126H72O2S8Se2. The predicted octanol–water partition coefficient (Wildman–Crippen LogP) is 40.2. The Morgan fingerprint density at radius 3 is 0.638 bits per heavy atom. The molecule has 12 aromatic heterocycles. The molecule has 0 amide bonds. The Labute approximate surface area is 837 Å². The summed E-state index contributed by atoms with van der Waals surface area (Å²) in [6, 6.07) is 153. The minimum atomic E-state index is 0.384. The number of hydrogen-bond acceptors (Lipinski definition) is 10. The van der Waals surface area contributed by atoms with Crippen molar-refractivity contribution in [2.75, 3.05) is 0 Å². The molecule has 0 fully saturated rings. The molecule has 0 N–H and O–H groups in total. The summed E-state index contributed by atoms with van der Waals surface area (Å²) in [7, 11) is 0. The van der Waals surface area contributed by atoms with Gasteiger partial charge in [0.05, 0.1) is 31.3 Å². The zero-order valence-electron chi connectivity index (χ0n) is 73.5. The first-order valence-corrected chi connectivity index (χ1v) is 56.0. The number of thiophene rings is 8. The average molecular weight is 2030 g/mol. The maximum atomic E-state index is 5.61. The van der Waals surface area contributed by atoms with Gasteiger partial charge in [-0.2, -0.15) is 0 Å². The second-order valence-corrected chi connectivity index (χ2v) is 48.1. The zero-order chi connectivity index (χ0) is 90.6. The summed E-state index contributed by atoms with van der Waals surface area (Å²) in [5.74, 6) is 0. The summed E-state index contributed by atoms with van der Waals surface area (Å²) < 4.78 is 36.3. The van der Waals surface area contributed by atoms with Crippen LogP contribution >= 0.6 is 90.7 Å². The van der Waals surface area contributed by atoms with Gasteiger partial charge in [-0.05, 0) is 183 Å². The fourth-order valence-corrected chi connectivity index (χ4v) is 34.0. The second-order valence-electron chi connectivity index (χ2n) is 35.3. The molecule has 0 aliphatic carbocycles. The van der Waals surface area contributed by atoms with E-state index in [2.05, 4.69) is 411 Å². The van der Waals surface area contributed by atoms with E-state index in [1.807, 2.05) is 80.2 Å². The number of fused-ring (bicyclic) bond motifs is 21. The number of furan rings is 2. The van der Waals surface area contributed by atoms with Crippen LogP contribution in [0.1, 0.15) is 0 Å². The second kappa shape index (κ2) is 34.0. The Bertz CT molecular complexity index is 8680. The molecule has 12 heteroatoms. The number of benzene rings is 18. The number of rotatable bonds is 12. The van der Waals surface area contributed by atoms with E-state index in [0.717, 1.165) is 21.9 Å². The first-order chi connectivity index (χ1) is 68.2. The van der Waals surface area contributed by atoms with Crippen molar-refractivity contribution in [3.63, 3.8) is 0 Å². The summed E-state index contributed by atoms with van der Waals surface area (Å²) in [5, 5.41) is 20.1. The van der Waals surface area contributed by atoms with Gasteiger partial charge in [-0.25, -0.2) is 0 Å². The van der Waals surface area contributed by atoms with E-state index >= 15 is 0 Å². The van der Waals surface area contributed by atoms with Gasteiger partial charge >= 0.3 is 288 Å². The van der Waals surface area contributed by atoms with Crippen LogP contribution in [0.5, 0.6) is 0 Å². The van der Waals surface area contributed by atoms with Gasteiger partial charge in [0.25, 0.3) is 0 Å². The van der Waals surface area contributed by atoms with Crippen LogP contribution in [0.3, 0.4) is 0 Å². The van der Waals surface area contributed by atoms with Crippen molar-refractivity contribution in [1.29, 1.82) is 0 Å². The average Bonchev–Trinajstić information content (AvgIpc) is 1.59. The van der Waals surface area contributed by atoms with E-state index in [-0.39, 0.29) is 0 Å².